The highest BCUT2D eigenvalue weighted by molar-refractivity contribution is 7.85. The molecule has 2 aromatic rings. The van der Waals surface area contributed by atoms with Crippen LogP contribution < -0.4 is 4.90 Å². The molecule has 0 radical (unpaired) electrons. The predicted molar refractivity (Wildman–Crippen MR) is 136 cm³/mol. The third-order valence-corrected chi connectivity index (χ3v) is 8.39. The van der Waals surface area contributed by atoms with Crippen LogP contribution in [0.3, 0.4) is 0 Å². The van der Waals surface area contributed by atoms with E-state index >= 15 is 0 Å². The average Bonchev–Trinajstić information content (AvgIpc) is 3.29. The molecule has 0 N–H and O–H groups in total. The number of benzene rings is 2. The number of hydrogen-bond acceptors (Lipinski definition) is 5. The van der Waals surface area contributed by atoms with Gasteiger partial charge in [0.1, 0.15) is 6.54 Å². The molecule has 1 saturated heterocycles. The van der Waals surface area contributed by atoms with Crippen molar-refractivity contribution in [2.24, 2.45) is 0 Å². The number of halogens is 3. The standard InChI is InChI=1S/C27H23F3N4O4S/c28-27(29,30)19-2-1-3-20(14-19)34-21-8-9-22(35)24(21)25(18-6-4-17(15-31)5-7-18)33(26(34)37)16-23(36)32-10-12-39(38)13-11-32/h1-7,14,25H,8-13,16H2. The first-order chi connectivity index (χ1) is 18.6. The van der Waals surface area contributed by atoms with Crippen molar-refractivity contribution >= 4 is 34.2 Å². The third-order valence-electron chi connectivity index (χ3n) is 7.12. The van der Waals surface area contributed by atoms with Crippen molar-refractivity contribution in [3.8, 4) is 6.07 Å². The number of Topliss-reactive ketones (excluding diaryl/α,β-unsaturated/α-hetero) is 1. The van der Waals surface area contributed by atoms with E-state index in [1.165, 1.54) is 21.9 Å². The van der Waals surface area contributed by atoms with E-state index in [1.807, 2.05) is 6.07 Å². The smallest absolute Gasteiger partial charge is 0.339 e. The fraction of sp³-hybridized carbons (Fsp3) is 0.333. The van der Waals surface area contributed by atoms with E-state index in [0.717, 1.165) is 17.0 Å². The molecule has 12 heteroatoms. The highest BCUT2D eigenvalue weighted by atomic mass is 32.2. The van der Waals surface area contributed by atoms with Crippen molar-refractivity contribution < 1.29 is 31.8 Å². The van der Waals surface area contributed by atoms with Gasteiger partial charge in [-0.05, 0) is 42.3 Å². The van der Waals surface area contributed by atoms with Gasteiger partial charge >= 0.3 is 12.2 Å². The van der Waals surface area contributed by atoms with E-state index in [1.54, 1.807) is 24.3 Å². The van der Waals surface area contributed by atoms with Crippen LogP contribution in [0.25, 0.3) is 0 Å². The topological polar surface area (TPSA) is 102 Å². The summed E-state index contributed by atoms with van der Waals surface area (Å²) in [6.07, 6.45) is -4.42. The zero-order valence-corrected chi connectivity index (χ0v) is 21.4. The second kappa shape index (κ2) is 10.3. The molecule has 3 amide bonds. The minimum Gasteiger partial charge on any atom is -0.339 e. The van der Waals surface area contributed by atoms with Crippen LogP contribution in [0.15, 0.2) is 59.8 Å². The molecule has 5 rings (SSSR count). The van der Waals surface area contributed by atoms with Crippen molar-refractivity contribution in [1.29, 1.82) is 5.26 Å². The van der Waals surface area contributed by atoms with Crippen molar-refractivity contribution in [3.05, 3.63) is 76.5 Å². The molecule has 0 spiro atoms. The van der Waals surface area contributed by atoms with Gasteiger partial charge in [0, 0.05) is 53.1 Å². The number of anilines is 1. The number of allylic oxidation sites excluding steroid dienone is 1. The molecule has 1 aliphatic carbocycles. The Morgan fingerprint density at radius 2 is 1.74 bits per heavy atom. The summed E-state index contributed by atoms with van der Waals surface area (Å²) in [6, 6.07) is 10.9. The van der Waals surface area contributed by atoms with Gasteiger partial charge in [0.15, 0.2) is 5.78 Å². The first-order valence-corrected chi connectivity index (χ1v) is 13.7. The van der Waals surface area contributed by atoms with E-state index in [0.29, 0.717) is 28.3 Å². The maximum atomic E-state index is 14.1. The molecule has 2 heterocycles. The predicted octanol–water partition coefficient (Wildman–Crippen LogP) is 3.77. The van der Waals surface area contributed by atoms with Gasteiger partial charge in [-0.1, -0.05) is 18.2 Å². The molecule has 0 aromatic heterocycles. The molecule has 0 bridgehead atoms. The number of alkyl halides is 3. The number of ketones is 1. The summed E-state index contributed by atoms with van der Waals surface area (Å²) in [5.74, 6) is -0.0713. The Kier molecular flexibility index (Phi) is 7.03. The largest absolute Gasteiger partial charge is 0.416 e. The third kappa shape index (κ3) is 5.06. The van der Waals surface area contributed by atoms with Crippen LogP contribution in [0.4, 0.5) is 23.7 Å². The van der Waals surface area contributed by atoms with Crippen LogP contribution in [-0.2, 0) is 26.6 Å². The van der Waals surface area contributed by atoms with Crippen LogP contribution in [0.5, 0.6) is 0 Å². The van der Waals surface area contributed by atoms with Crippen molar-refractivity contribution in [2.45, 2.75) is 25.1 Å². The number of carbonyl (C=O) groups excluding carboxylic acids is 3. The fourth-order valence-corrected chi connectivity index (χ4v) is 6.23. The molecule has 202 valence electrons. The lowest BCUT2D eigenvalue weighted by Gasteiger charge is -2.42. The monoisotopic (exact) mass is 556 g/mol. The van der Waals surface area contributed by atoms with E-state index in [4.69, 9.17) is 0 Å². The Labute approximate surface area is 224 Å². The van der Waals surface area contributed by atoms with Crippen molar-refractivity contribution in [3.63, 3.8) is 0 Å². The molecule has 3 aliphatic rings. The van der Waals surface area contributed by atoms with E-state index < -0.39 is 47.1 Å². The number of carbonyl (C=O) groups is 3. The summed E-state index contributed by atoms with van der Waals surface area (Å²) in [6.45, 7) is 0.0636. The Balaban J connectivity index is 1.62. The first-order valence-electron chi connectivity index (χ1n) is 12.3. The number of nitriles is 1. The van der Waals surface area contributed by atoms with Crippen LogP contribution >= 0.6 is 0 Å². The van der Waals surface area contributed by atoms with Gasteiger partial charge in [-0.3, -0.25) is 18.7 Å². The summed E-state index contributed by atoms with van der Waals surface area (Å²) in [7, 11) is -1.03. The zero-order chi connectivity index (χ0) is 27.9. The summed E-state index contributed by atoms with van der Waals surface area (Å²) < 4.78 is 52.3. The molecule has 1 atom stereocenters. The quantitative estimate of drug-likeness (QED) is 0.571. The van der Waals surface area contributed by atoms with Crippen molar-refractivity contribution in [2.75, 3.05) is 36.0 Å². The minimum atomic E-state index is -4.65. The molecular weight excluding hydrogens is 533 g/mol. The van der Waals surface area contributed by atoms with Gasteiger partial charge in [-0.2, -0.15) is 18.4 Å². The van der Waals surface area contributed by atoms with Gasteiger partial charge in [0.25, 0.3) is 0 Å². The summed E-state index contributed by atoms with van der Waals surface area (Å²) in [4.78, 5) is 44.4. The van der Waals surface area contributed by atoms with E-state index in [2.05, 4.69) is 0 Å². The van der Waals surface area contributed by atoms with Gasteiger partial charge in [0.2, 0.25) is 5.91 Å². The SMILES string of the molecule is N#Cc1ccc(C2C3=C(CCC3=O)N(c3cccc(C(F)(F)F)c3)C(=O)N2CC(=O)N2CCS(=O)CC2)cc1. The summed E-state index contributed by atoms with van der Waals surface area (Å²) >= 11 is 0. The molecule has 8 nitrogen and oxygen atoms in total. The highest BCUT2D eigenvalue weighted by Crippen LogP contribution is 2.45. The Hall–Kier alpha value is -3.98. The van der Waals surface area contributed by atoms with E-state index in [9.17, 15) is 37.0 Å². The lowest BCUT2D eigenvalue weighted by molar-refractivity contribution is -0.137. The highest BCUT2D eigenvalue weighted by Gasteiger charge is 2.47. The molecule has 39 heavy (non-hydrogen) atoms. The maximum Gasteiger partial charge on any atom is 0.416 e. The number of hydrogen-bond donors (Lipinski definition) is 0. The number of rotatable bonds is 4. The molecule has 0 saturated carbocycles. The van der Waals surface area contributed by atoms with Gasteiger partial charge in [-0.25, -0.2) is 4.79 Å². The van der Waals surface area contributed by atoms with Crippen LogP contribution in [0, 0.1) is 11.3 Å². The lowest BCUT2D eigenvalue weighted by Crippen LogP contribution is -2.54. The molecular formula is C27H23F3N4O4S. The number of amides is 3. The minimum absolute atomic E-state index is 0.0545. The second-order valence-corrected chi connectivity index (χ2v) is 11.1. The zero-order valence-electron chi connectivity index (χ0n) is 20.6. The van der Waals surface area contributed by atoms with Crippen molar-refractivity contribution in [1.82, 2.24) is 9.80 Å². The average molecular weight is 557 g/mol. The molecule has 2 aromatic carbocycles. The Bertz CT molecular complexity index is 1440. The Morgan fingerprint density at radius 1 is 1.05 bits per heavy atom. The first kappa shape index (κ1) is 26.6. The van der Waals surface area contributed by atoms with Gasteiger partial charge < -0.3 is 9.80 Å². The Morgan fingerprint density at radius 3 is 2.38 bits per heavy atom. The van der Waals surface area contributed by atoms with Crippen LogP contribution in [0.1, 0.15) is 35.6 Å². The molecule has 1 fully saturated rings. The summed E-state index contributed by atoms with van der Waals surface area (Å²) in [5.41, 5.74) is 0.405. The normalized spacial score (nSPS) is 20.4. The van der Waals surface area contributed by atoms with E-state index in [-0.39, 0.29) is 43.0 Å². The maximum absolute atomic E-state index is 14.1. The molecule has 2 aliphatic heterocycles. The van der Waals surface area contributed by atoms with Crippen LogP contribution in [0.2, 0.25) is 0 Å². The lowest BCUT2D eigenvalue weighted by atomic mass is 9.92. The fourth-order valence-electron chi connectivity index (χ4n) is 5.18. The number of urea groups is 1. The van der Waals surface area contributed by atoms with Gasteiger partial charge in [-0.15, -0.1) is 0 Å². The summed E-state index contributed by atoms with van der Waals surface area (Å²) in [5, 5.41) is 9.21. The second-order valence-electron chi connectivity index (χ2n) is 9.44. The van der Waals surface area contributed by atoms with Crippen LogP contribution in [-0.4, -0.2) is 62.9 Å². The molecule has 1 unspecified atom stereocenters. The number of nitrogens with zero attached hydrogens (tertiary/aromatic N) is 4. The van der Waals surface area contributed by atoms with Gasteiger partial charge in [0.05, 0.1) is 28.9 Å².